The van der Waals surface area contributed by atoms with Crippen molar-refractivity contribution in [1.82, 2.24) is 4.90 Å². The molecule has 0 bridgehead atoms. The second-order valence-corrected chi connectivity index (χ2v) is 5.75. The normalized spacial score (nSPS) is 28.1. The number of carboxylic acids is 1. The van der Waals surface area contributed by atoms with E-state index in [9.17, 15) is 4.79 Å². The Morgan fingerprint density at radius 2 is 1.76 bits per heavy atom. The summed E-state index contributed by atoms with van der Waals surface area (Å²) in [7, 11) is 0. The molecule has 1 atom stereocenters. The van der Waals surface area contributed by atoms with Crippen LogP contribution in [0, 0.1) is 5.92 Å². The number of rotatable bonds is 4. The van der Waals surface area contributed by atoms with E-state index in [0.717, 1.165) is 25.4 Å². The lowest BCUT2D eigenvalue weighted by Crippen LogP contribution is -2.43. The van der Waals surface area contributed by atoms with Gasteiger partial charge in [0.05, 0.1) is 6.42 Å². The second kappa shape index (κ2) is 6.39. The Hall–Kier alpha value is -0.570. The van der Waals surface area contributed by atoms with Gasteiger partial charge in [0.1, 0.15) is 0 Å². The Morgan fingerprint density at radius 1 is 1.06 bits per heavy atom. The number of piperidine rings is 1. The molecule has 1 unspecified atom stereocenters. The molecule has 2 fully saturated rings. The predicted molar refractivity (Wildman–Crippen MR) is 68.0 cm³/mol. The molecule has 3 nitrogen and oxygen atoms in total. The number of hydrogen-bond donors (Lipinski definition) is 1. The zero-order valence-corrected chi connectivity index (χ0v) is 10.7. The van der Waals surface area contributed by atoms with E-state index in [0.29, 0.717) is 12.5 Å². The van der Waals surface area contributed by atoms with Crippen LogP contribution in [0.2, 0.25) is 0 Å². The fourth-order valence-electron chi connectivity index (χ4n) is 3.43. The molecule has 1 heterocycles. The van der Waals surface area contributed by atoms with Gasteiger partial charge in [0.2, 0.25) is 0 Å². The number of nitrogens with zero attached hydrogens (tertiary/aromatic N) is 1. The highest BCUT2D eigenvalue weighted by Gasteiger charge is 2.27. The van der Waals surface area contributed by atoms with Crippen LogP contribution in [0.15, 0.2) is 0 Å². The molecule has 2 aliphatic rings. The summed E-state index contributed by atoms with van der Waals surface area (Å²) in [5.41, 5.74) is 0. The molecule has 1 aliphatic heterocycles. The molecule has 0 radical (unpaired) electrons. The molecule has 3 heteroatoms. The minimum absolute atomic E-state index is 0.308. The molecule has 1 aliphatic carbocycles. The first kappa shape index (κ1) is 12.9. The Morgan fingerprint density at radius 3 is 2.47 bits per heavy atom. The molecule has 98 valence electrons. The van der Waals surface area contributed by atoms with E-state index in [-0.39, 0.29) is 0 Å². The maximum atomic E-state index is 10.9. The van der Waals surface area contributed by atoms with Crippen molar-refractivity contribution in [3.63, 3.8) is 0 Å². The highest BCUT2D eigenvalue weighted by atomic mass is 16.4. The topological polar surface area (TPSA) is 40.5 Å². The van der Waals surface area contributed by atoms with Crippen LogP contribution >= 0.6 is 0 Å². The summed E-state index contributed by atoms with van der Waals surface area (Å²) in [4.78, 5) is 13.3. The Balaban J connectivity index is 1.84. The van der Waals surface area contributed by atoms with Gasteiger partial charge in [-0.2, -0.15) is 0 Å². The van der Waals surface area contributed by atoms with Gasteiger partial charge in [-0.25, -0.2) is 0 Å². The molecule has 1 saturated heterocycles. The van der Waals surface area contributed by atoms with E-state index < -0.39 is 5.97 Å². The lowest BCUT2D eigenvalue weighted by atomic mass is 9.87. The molecule has 0 aromatic carbocycles. The summed E-state index contributed by atoms with van der Waals surface area (Å²) in [6.45, 7) is 2.27. The Kier molecular flexibility index (Phi) is 4.84. The predicted octanol–water partition coefficient (Wildman–Crippen LogP) is 2.90. The first-order chi connectivity index (χ1) is 8.25. The highest BCUT2D eigenvalue weighted by Crippen LogP contribution is 2.28. The summed E-state index contributed by atoms with van der Waals surface area (Å²) >= 11 is 0. The third-order valence-electron chi connectivity index (χ3n) is 4.38. The molecule has 0 aromatic heterocycles. The first-order valence-electron chi connectivity index (χ1n) is 7.21. The van der Waals surface area contributed by atoms with Gasteiger partial charge in [0.25, 0.3) is 0 Å². The largest absolute Gasteiger partial charge is 0.481 e. The molecule has 0 amide bonds. The van der Waals surface area contributed by atoms with Crippen LogP contribution in [0.25, 0.3) is 0 Å². The minimum Gasteiger partial charge on any atom is -0.481 e. The molecule has 0 spiro atoms. The van der Waals surface area contributed by atoms with Crippen LogP contribution in [0.1, 0.15) is 57.8 Å². The minimum atomic E-state index is -0.634. The molecule has 1 saturated carbocycles. The molecular weight excluding hydrogens is 214 g/mol. The van der Waals surface area contributed by atoms with E-state index in [1.807, 2.05) is 0 Å². The average Bonchev–Trinajstić information content (AvgIpc) is 2.32. The van der Waals surface area contributed by atoms with Crippen molar-refractivity contribution in [2.75, 3.05) is 13.1 Å². The van der Waals surface area contributed by atoms with E-state index in [4.69, 9.17) is 5.11 Å². The van der Waals surface area contributed by atoms with Crippen molar-refractivity contribution >= 4 is 5.97 Å². The maximum Gasteiger partial charge on any atom is 0.304 e. The lowest BCUT2D eigenvalue weighted by molar-refractivity contribution is -0.138. The van der Waals surface area contributed by atoms with Crippen molar-refractivity contribution in [3.8, 4) is 0 Å². The summed E-state index contributed by atoms with van der Waals surface area (Å²) in [5.74, 6) is 0.198. The summed E-state index contributed by atoms with van der Waals surface area (Å²) in [6, 6.07) is 0.308. The van der Waals surface area contributed by atoms with Crippen LogP contribution in [0.4, 0.5) is 0 Å². The van der Waals surface area contributed by atoms with Gasteiger partial charge in [0.15, 0.2) is 0 Å². The molecule has 17 heavy (non-hydrogen) atoms. The van der Waals surface area contributed by atoms with Gasteiger partial charge >= 0.3 is 5.97 Å². The zero-order chi connectivity index (χ0) is 12.1. The lowest BCUT2D eigenvalue weighted by Gasteiger charge is -2.38. The van der Waals surface area contributed by atoms with Crippen molar-refractivity contribution in [2.24, 2.45) is 5.92 Å². The van der Waals surface area contributed by atoms with Crippen LogP contribution in [0.5, 0.6) is 0 Å². The first-order valence-corrected chi connectivity index (χ1v) is 7.21. The maximum absolute atomic E-state index is 10.9. The van der Waals surface area contributed by atoms with Crippen LogP contribution in [-0.2, 0) is 4.79 Å². The number of carbonyl (C=O) groups is 1. The third-order valence-corrected chi connectivity index (χ3v) is 4.38. The quantitative estimate of drug-likeness (QED) is 0.820. The van der Waals surface area contributed by atoms with Gasteiger partial charge in [-0.05, 0) is 38.1 Å². The van der Waals surface area contributed by atoms with E-state index in [2.05, 4.69) is 4.90 Å². The van der Waals surface area contributed by atoms with E-state index in [1.165, 1.54) is 44.9 Å². The monoisotopic (exact) mass is 239 g/mol. The standard InChI is InChI=1S/C14H25NO2/c16-14(17)10-13-8-4-5-9-15(13)11-12-6-2-1-3-7-12/h12-13H,1-11H2,(H,16,17). The molecular formula is C14H25NO2. The number of aliphatic carboxylic acids is 1. The van der Waals surface area contributed by atoms with Crippen molar-refractivity contribution in [1.29, 1.82) is 0 Å². The van der Waals surface area contributed by atoms with Gasteiger partial charge in [0, 0.05) is 12.6 Å². The fraction of sp³-hybridized carbons (Fsp3) is 0.929. The second-order valence-electron chi connectivity index (χ2n) is 5.75. The number of likely N-dealkylation sites (tertiary alicyclic amines) is 1. The fourth-order valence-corrected chi connectivity index (χ4v) is 3.43. The van der Waals surface area contributed by atoms with Gasteiger partial charge < -0.3 is 5.11 Å². The number of hydrogen-bond acceptors (Lipinski definition) is 2. The third kappa shape index (κ3) is 3.98. The average molecular weight is 239 g/mol. The smallest absolute Gasteiger partial charge is 0.304 e. The molecule has 0 aromatic rings. The number of carboxylic acid groups (broad SMARTS) is 1. The highest BCUT2D eigenvalue weighted by molar-refractivity contribution is 5.67. The zero-order valence-electron chi connectivity index (χ0n) is 10.7. The van der Waals surface area contributed by atoms with Crippen LogP contribution in [-0.4, -0.2) is 35.1 Å². The van der Waals surface area contributed by atoms with Gasteiger partial charge in [-0.1, -0.05) is 25.7 Å². The molecule has 1 N–H and O–H groups in total. The Labute approximate surface area is 104 Å². The summed E-state index contributed by atoms with van der Waals surface area (Å²) in [6.07, 6.45) is 10.7. The summed E-state index contributed by atoms with van der Waals surface area (Å²) < 4.78 is 0. The van der Waals surface area contributed by atoms with Crippen LogP contribution < -0.4 is 0 Å². The van der Waals surface area contributed by atoms with Crippen LogP contribution in [0.3, 0.4) is 0 Å². The SMILES string of the molecule is O=C(O)CC1CCCCN1CC1CCCCC1. The van der Waals surface area contributed by atoms with E-state index in [1.54, 1.807) is 0 Å². The van der Waals surface area contributed by atoms with Gasteiger partial charge in [-0.3, -0.25) is 9.69 Å². The van der Waals surface area contributed by atoms with Gasteiger partial charge in [-0.15, -0.1) is 0 Å². The van der Waals surface area contributed by atoms with Crippen molar-refractivity contribution in [3.05, 3.63) is 0 Å². The Bertz CT molecular complexity index is 249. The van der Waals surface area contributed by atoms with Crippen molar-refractivity contribution in [2.45, 2.75) is 63.8 Å². The van der Waals surface area contributed by atoms with Crippen molar-refractivity contribution < 1.29 is 9.90 Å². The molecule has 2 rings (SSSR count). The summed E-state index contributed by atoms with van der Waals surface area (Å²) in [5, 5.41) is 8.96. The van der Waals surface area contributed by atoms with E-state index >= 15 is 0 Å².